The highest BCUT2D eigenvalue weighted by Gasteiger charge is 2.84. The molecule has 3 fully saturated rings. The molecule has 10 nitrogen and oxygen atoms in total. The van der Waals surface area contributed by atoms with Gasteiger partial charge in [-0.2, -0.15) is 0 Å². The molecule has 6 unspecified atom stereocenters. The van der Waals surface area contributed by atoms with Crippen LogP contribution in [0.2, 0.25) is 0 Å². The predicted molar refractivity (Wildman–Crippen MR) is 143 cm³/mol. The molecule has 2 aliphatic heterocycles. The first kappa shape index (κ1) is 26.9. The number of likely N-dealkylation sites (tertiary alicyclic amines) is 1. The van der Waals surface area contributed by atoms with Crippen LogP contribution in [0.3, 0.4) is 0 Å². The SMILES string of the molecule is COc1ccc(C=CC(=O)OC23OC4CC25N(C)CCC5(CC(OC)C3OC)c2c4ccc(OC)c2O)cc1O. The number of hydrogen-bond donors (Lipinski definition) is 2. The summed E-state index contributed by atoms with van der Waals surface area (Å²) >= 11 is 0. The van der Waals surface area contributed by atoms with Gasteiger partial charge in [0, 0.05) is 37.7 Å². The highest BCUT2D eigenvalue weighted by Crippen LogP contribution is 2.73. The second-order valence-electron chi connectivity index (χ2n) is 11.0. The van der Waals surface area contributed by atoms with E-state index in [1.54, 1.807) is 38.5 Å². The average Bonchev–Trinajstić information content (AvgIpc) is 3.44. The minimum absolute atomic E-state index is 0.0385. The molecule has 2 N–H and O–H groups in total. The van der Waals surface area contributed by atoms with Crippen molar-refractivity contribution in [1.29, 1.82) is 0 Å². The molecule has 4 aliphatic rings. The number of carbonyl (C=O) groups excluding carboxylic acids is 1. The van der Waals surface area contributed by atoms with Crippen LogP contribution >= 0.6 is 0 Å². The Morgan fingerprint density at radius 1 is 1.05 bits per heavy atom. The lowest BCUT2D eigenvalue weighted by Gasteiger charge is -2.61. The number of hydrogen-bond acceptors (Lipinski definition) is 10. The molecule has 6 atom stereocenters. The maximum absolute atomic E-state index is 13.6. The Kier molecular flexibility index (Phi) is 6.30. The number of aromatic hydroxyl groups is 2. The van der Waals surface area contributed by atoms with Crippen LogP contribution in [-0.4, -0.2) is 86.6 Å². The van der Waals surface area contributed by atoms with E-state index in [0.717, 1.165) is 11.1 Å². The molecular weight excluding hydrogens is 518 g/mol. The fourth-order valence-electron chi connectivity index (χ4n) is 8.07. The molecule has 2 bridgehead atoms. The third-order valence-electron chi connectivity index (χ3n) is 9.60. The minimum atomic E-state index is -1.54. The molecule has 2 aliphatic carbocycles. The van der Waals surface area contributed by atoms with Crippen molar-refractivity contribution in [2.75, 3.05) is 42.0 Å². The van der Waals surface area contributed by atoms with Gasteiger partial charge in [-0.1, -0.05) is 12.1 Å². The molecule has 6 rings (SSSR count). The van der Waals surface area contributed by atoms with Crippen molar-refractivity contribution in [2.24, 2.45) is 0 Å². The summed E-state index contributed by atoms with van der Waals surface area (Å²) in [5, 5.41) is 21.7. The molecule has 0 amide bonds. The maximum Gasteiger partial charge on any atom is 0.333 e. The van der Waals surface area contributed by atoms with Crippen LogP contribution in [0.25, 0.3) is 6.08 Å². The standard InChI is InChI=1S/C30H35NO9/c1-31-13-12-28-15-23(37-4)27(38-5)30(40-24(33)11-7-17-6-9-20(35-2)19(32)14-17)29(28,31)16-22(39-30)18-8-10-21(36-3)26(34)25(18)28/h6-11,14,22-23,27,32,34H,12-13,15-16H2,1-5H3. The first-order valence-electron chi connectivity index (χ1n) is 13.3. The number of rotatable bonds is 7. The number of benzene rings is 2. The third-order valence-corrected chi connectivity index (χ3v) is 9.60. The third kappa shape index (κ3) is 3.27. The van der Waals surface area contributed by atoms with E-state index < -0.39 is 41.0 Å². The van der Waals surface area contributed by atoms with Gasteiger partial charge in [0.1, 0.15) is 5.54 Å². The highest BCUT2D eigenvalue weighted by atomic mass is 16.8. The summed E-state index contributed by atoms with van der Waals surface area (Å²) in [6, 6.07) is 8.52. The number of fused-ring (bicyclic) bond motifs is 3. The van der Waals surface area contributed by atoms with Crippen molar-refractivity contribution in [3.63, 3.8) is 0 Å². The van der Waals surface area contributed by atoms with E-state index in [9.17, 15) is 15.0 Å². The summed E-state index contributed by atoms with van der Waals surface area (Å²) in [5.74, 6) is -1.41. The molecular formula is C30H35NO9. The molecule has 2 aromatic carbocycles. The Bertz CT molecular complexity index is 1380. The van der Waals surface area contributed by atoms with Crippen molar-refractivity contribution in [2.45, 2.75) is 54.3 Å². The number of esters is 1. The van der Waals surface area contributed by atoms with Crippen molar-refractivity contribution >= 4 is 12.0 Å². The van der Waals surface area contributed by atoms with Crippen LogP contribution in [0.5, 0.6) is 23.0 Å². The smallest absolute Gasteiger partial charge is 0.333 e. The minimum Gasteiger partial charge on any atom is -0.504 e. The average molecular weight is 554 g/mol. The zero-order valence-corrected chi connectivity index (χ0v) is 23.3. The maximum atomic E-state index is 13.6. The summed E-state index contributed by atoms with van der Waals surface area (Å²) in [5.41, 5.74) is 0.725. The zero-order valence-electron chi connectivity index (χ0n) is 23.3. The number of nitrogens with zero attached hydrogens (tertiary/aromatic N) is 1. The van der Waals surface area contributed by atoms with Gasteiger partial charge in [0.2, 0.25) is 0 Å². The van der Waals surface area contributed by atoms with Crippen LogP contribution in [-0.2, 0) is 29.2 Å². The highest BCUT2D eigenvalue weighted by molar-refractivity contribution is 5.87. The fraction of sp³-hybridized carbons (Fsp3) is 0.500. The molecule has 214 valence electrons. The summed E-state index contributed by atoms with van der Waals surface area (Å²) in [4.78, 5) is 15.8. The lowest BCUT2D eigenvalue weighted by atomic mass is 9.50. The van der Waals surface area contributed by atoms with Crippen LogP contribution in [0.1, 0.15) is 42.1 Å². The van der Waals surface area contributed by atoms with Gasteiger partial charge in [0.25, 0.3) is 5.79 Å². The lowest BCUT2D eigenvalue weighted by Crippen LogP contribution is -2.78. The van der Waals surface area contributed by atoms with Gasteiger partial charge in [0.15, 0.2) is 29.1 Å². The number of ether oxygens (including phenoxy) is 6. The van der Waals surface area contributed by atoms with Gasteiger partial charge in [-0.25, -0.2) is 4.79 Å². The van der Waals surface area contributed by atoms with Crippen molar-refractivity contribution < 1.29 is 43.4 Å². The molecule has 2 aromatic rings. The Morgan fingerprint density at radius 3 is 2.48 bits per heavy atom. The molecule has 2 saturated heterocycles. The summed E-state index contributed by atoms with van der Waals surface area (Å²) in [6.45, 7) is 0.694. The van der Waals surface area contributed by atoms with Crippen molar-refractivity contribution in [3.8, 4) is 23.0 Å². The number of phenolic OH excluding ortho intramolecular Hbond substituents is 2. The Balaban J connectivity index is 1.48. The first-order chi connectivity index (χ1) is 19.2. The van der Waals surface area contributed by atoms with Crippen molar-refractivity contribution in [1.82, 2.24) is 4.90 Å². The van der Waals surface area contributed by atoms with Gasteiger partial charge in [-0.3, -0.25) is 4.90 Å². The van der Waals surface area contributed by atoms with E-state index in [0.29, 0.717) is 42.9 Å². The van der Waals surface area contributed by atoms with Crippen LogP contribution in [0.15, 0.2) is 36.4 Å². The van der Waals surface area contributed by atoms with Gasteiger partial charge in [0.05, 0.1) is 26.4 Å². The monoisotopic (exact) mass is 553 g/mol. The summed E-state index contributed by atoms with van der Waals surface area (Å²) in [7, 11) is 8.19. The van der Waals surface area contributed by atoms with Gasteiger partial charge >= 0.3 is 5.97 Å². The largest absolute Gasteiger partial charge is 0.504 e. The summed E-state index contributed by atoms with van der Waals surface area (Å²) < 4.78 is 35.9. The Hall–Kier alpha value is -3.31. The molecule has 1 saturated carbocycles. The van der Waals surface area contributed by atoms with E-state index in [1.807, 2.05) is 13.1 Å². The van der Waals surface area contributed by atoms with E-state index in [1.165, 1.54) is 26.4 Å². The Labute approximate surface area is 233 Å². The second kappa shape index (κ2) is 9.37. The summed E-state index contributed by atoms with van der Waals surface area (Å²) in [6.07, 6.45) is 2.98. The lowest BCUT2D eigenvalue weighted by molar-refractivity contribution is -0.333. The number of carbonyl (C=O) groups is 1. The van der Waals surface area contributed by atoms with E-state index >= 15 is 0 Å². The number of likely N-dealkylation sites (N-methyl/N-ethyl adjacent to an activating group) is 1. The van der Waals surface area contributed by atoms with E-state index in [-0.39, 0.29) is 11.5 Å². The molecule has 40 heavy (non-hydrogen) atoms. The molecule has 10 heteroatoms. The van der Waals surface area contributed by atoms with Crippen LogP contribution < -0.4 is 9.47 Å². The second-order valence-corrected chi connectivity index (χ2v) is 11.0. The van der Waals surface area contributed by atoms with Crippen molar-refractivity contribution in [3.05, 3.63) is 53.1 Å². The normalized spacial score (nSPS) is 34.0. The molecule has 1 spiro atoms. The van der Waals surface area contributed by atoms with Gasteiger partial charge in [-0.15, -0.1) is 0 Å². The van der Waals surface area contributed by atoms with Gasteiger partial charge in [-0.05, 0) is 61.8 Å². The first-order valence-corrected chi connectivity index (χ1v) is 13.3. The van der Waals surface area contributed by atoms with E-state index in [4.69, 9.17) is 28.4 Å². The molecule has 2 heterocycles. The fourth-order valence-corrected chi connectivity index (χ4v) is 8.07. The quantitative estimate of drug-likeness (QED) is 0.391. The Morgan fingerprint density at radius 2 is 1.80 bits per heavy atom. The van der Waals surface area contributed by atoms with Gasteiger partial charge < -0.3 is 38.6 Å². The number of phenols is 2. The molecule has 0 radical (unpaired) electrons. The molecule has 0 aromatic heterocycles. The van der Waals surface area contributed by atoms with E-state index in [2.05, 4.69) is 4.90 Å². The zero-order chi connectivity index (χ0) is 28.4. The number of methoxy groups -OCH3 is 4. The van der Waals surface area contributed by atoms with Crippen LogP contribution in [0.4, 0.5) is 0 Å². The van der Waals surface area contributed by atoms with Crippen LogP contribution in [0, 0.1) is 0 Å². The predicted octanol–water partition coefficient (Wildman–Crippen LogP) is 3.29. The topological polar surface area (TPSA) is 116 Å².